The van der Waals surface area contributed by atoms with E-state index < -0.39 is 0 Å². The molecule has 13 heteroatoms. The van der Waals surface area contributed by atoms with Crippen molar-refractivity contribution in [3.05, 3.63) is 67.0 Å². The van der Waals surface area contributed by atoms with Crippen molar-refractivity contribution in [3.8, 4) is 0 Å². The maximum atomic E-state index is 12.1. The highest BCUT2D eigenvalue weighted by Gasteiger charge is 2.31. The van der Waals surface area contributed by atoms with E-state index in [9.17, 15) is 4.79 Å². The lowest BCUT2D eigenvalue weighted by Crippen LogP contribution is -2.35. The fourth-order valence-corrected chi connectivity index (χ4v) is 10.1. The van der Waals surface area contributed by atoms with Crippen molar-refractivity contribution in [2.24, 2.45) is 16.8 Å². The van der Waals surface area contributed by atoms with Gasteiger partial charge in [-0.1, -0.05) is 23.2 Å². The van der Waals surface area contributed by atoms with Gasteiger partial charge in [0.1, 0.15) is 33.3 Å². The third-order valence-electron chi connectivity index (χ3n) is 9.94. The van der Waals surface area contributed by atoms with Crippen LogP contribution in [0.25, 0.3) is 20.4 Å². The third-order valence-corrected chi connectivity index (χ3v) is 12.9. The van der Waals surface area contributed by atoms with Gasteiger partial charge in [0.05, 0.1) is 28.0 Å². The van der Waals surface area contributed by atoms with Crippen LogP contribution in [-0.2, 0) is 37.0 Å². The number of nitrogens with zero attached hydrogens (tertiary/aromatic N) is 7. The lowest BCUT2D eigenvalue weighted by Gasteiger charge is -2.32. The van der Waals surface area contributed by atoms with Crippen molar-refractivity contribution in [1.29, 1.82) is 0 Å². The molecule has 0 bridgehead atoms. The van der Waals surface area contributed by atoms with Gasteiger partial charge in [0.2, 0.25) is 5.91 Å². The van der Waals surface area contributed by atoms with E-state index in [1.807, 2.05) is 37.7 Å². The summed E-state index contributed by atoms with van der Waals surface area (Å²) in [5.74, 6) is 1.83. The number of fused-ring (bicyclic) bond motifs is 7. The van der Waals surface area contributed by atoms with Crippen LogP contribution in [0.15, 0.2) is 29.8 Å². The molecule has 0 saturated heterocycles. The molecule has 9 nitrogen and oxygen atoms in total. The van der Waals surface area contributed by atoms with Crippen LogP contribution in [0.1, 0.15) is 51.8 Å². The van der Waals surface area contributed by atoms with E-state index >= 15 is 0 Å². The van der Waals surface area contributed by atoms with Crippen molar-refractivity contribution < 1.29 is 4.79 Å². The molecule has 1 aromatic carbocycles. The molecule has 1 unspecified atom stereocenters. The maximum absolute atomic E-state index is 12.1. The van der Waals surface area contributed by atoms with Gasteiger partial charge in [0.15, 0.2) is 0 Å². The third kappa shape index (κ3) is 6.31. The SMILES string of the molecule is CC([C@H]1CCc2c(sc3ncnc(Nc4cc5c(cc4Cl)CN=C5)c23)C1)N(C)C.CN(C)C(=O)[C@H]1CCc2c(sc3ncnc(Cl)c23)C1. The first-order chi connectivity index (χ1) is 23.1. The number of aryl methyl sites for hydroxylation is 2. The average Bonchev–Trinajstić information content (AvgIpc) is 3.79. The Balaban J connectivity index is 0.000000166. The van der Waals surface area contributed by atoms with Crippen molar-refractivity contribution >= 4 is 89.9 Å². The number of carbonyl (C=O) groups excluding carboxylic acids is 1. The number of hydrogen-bond donors (Lipinski definition) is 1. The van der Waals surface area contributed by atoms with Gasteiger partial charge in [0.25, 0.3) is 0 Å². The number of amides is 1. The molecule has 4 aromatic heterocycles. The maximum Gasteiger partial charge on any atom is 0.225 e. The molecule has 5 heterocycles. The number of hydrogen-bond acceptors (Lipinski definition) is 10. The number of aliphatic imine (C=N–C) groups is 1. The van der Waals surface area contributed by atoms with Crippen molar-refractivity contribution in [2.45, 2.75) is 58.0 Å². The Morgan fingerprint density at radius 1 is 0.917 bits per heavy atom. The molecule has 2 aliphatic carbocycles. The minimum Gasteiger partial charge on any atom is -0.349 e. The van der Waals surface area contributed by atoms with Gasteiger partial charge in [0, 0.05) is 42.0 Å². The summed E-state index contributed by atoms with van der Waals surface area (Å²) in [5.41, 5.74) is 5.81. The zero-order valence-electron chi connectivity index (χ0n) is 27.7. The highest BCUT2D eigenvalue weighted by Crippen LogP contribution is 2.43. The summed E-state index contributed by atoms with van der Waals surface area (Å²) in [5, 5.41) is 6.86. The molecule has 0 radical (unpaired) electrons. The number of rotatable bonds is 5. The summed E-state index contributed by atoms with van der Waals surface area (Å²) in [4.78, 5) is 42.6. The molecule has 1 aliphatic heterocycles. The first-order valence-corrected chi connectivity index (χ1v) is 18.6. The number of anilines is 2. The molecule has 1 amide bonds. The van der Waals surface area contributed by atoms with E-state index in [0.717, 1.165) is 69.6 Å². The molecule has 0 fully saturated rings. The Morgan fingerprint density at radius 2 is 1.60 bits per heavy atom. The van der Waals surface area contributed by atoms with Gasteiger partial charge in [-0.25, -0.2) is 19.9 Å². The van der Waals surface area contributed by atoms with Gasteiger partial charge in [-0.2, -0.15) is 0 Å². The van der Waals surface area contributed by atoms with Gasteiger partial charge < -0.3 is 15.1 Å². The van der Waals surface area contributed by atoms with E-state index in [2.05, 4.69) is 62.2 Å². The summed E-state index contributed by atoms with van der Waals surface area (Å²) >= 11 is 16.2. The molecule has 3 aliphatic rings. The van der Waals surface area contributed by atoms with Crippen LogP contribution < -0.4 is 5.32 Å². The van der Waals surface area contributed by atoms with Crippen LogP contribution in [0.3, 0.4) is 0 Å². The van der Waals surface area contributed by atoms with E-state index in [4.69, 9.17) is 23.2 Å². The fourth-order valence-electron chi connectivity index (χ4n) is 7.07. The lowest BCUT2D eigenvalue weighted by atomic mass is 9.83. The standard InChI is InChI=1S/C22H24ClN5S.C13H14ClN3OS/c1-12(28(2)3)13-4-5-16-19(8-13)29-22-20(16)21(25-11-26-22)27-18-7-15-10-24-9-14(15)6-17(18)23;1-17(2)13(18)7-3-4-8-9(5-7)19-12-10(8)11(14)15-6-16-12/h6-7,10-13H,4-5,8-9H2,1-3H3,(H,25,26,27);6-7H,3-5H2,1-2H3/t12?,13-;7-/m00/s1. The van der Waals surface area contributed by atoms with Crippen LogP contribution in [0.5, 0.6) is 0 Å². The van der Waals surface area contributed by atoms with Crippen molar-refractivity contribution in [3.63, 3.8) is 0 Å². The number of thiophene rings is 2. The smallest absolute Gasteiger partial charge is 0.225 e. The molecular weight excluding hydrogens is 683 g/mol. The van der Waals surface area contributed by atoms with Gasteiger partial charge in [-0.05, 0) is 99.8 Å². The number of nitrogens with one attached hydrogen (secondary N) is 1. The Morgan fingerprint density at radius 3 is 2.35 bits per heavy atom. The molecular formula is C35H38Cl2N8OS2. The second-order valence-corrected chi connectivity index (χ2v) is 16.2. The largest absolute Gasteiger partial charge is 0.349 e. The Bertz CT molecular complexity index is 2060. The molecule has 5 aromatic rings. The van der Waals surface area contributed by atoms with Crippen molar-refractivity contribution in [2.75, 3.05) is 33.5 Å². The normalized spacial score (nSPS) is 18.7. The molecule has 1 N–H and O–H groups in total. The van der Waals surface area contributed by atoms with Crippen LogP contribution >= 0.6 is 45.9 Å². The molecule has 250 valence electrons. The minimum absolute atomic E-state index is 0.0855. The van der Waals surface area contributed by atoms with E-state index in [1.165, 1.54) is 39.2 Å². The fraction of sp³-hybridized carbons (Fsp3) is 0.429. The predicted octanol–water partition coefficient (Wildman–Crippen LogP) is 7.61. The molecule has 3 atom stereocenters. The minimum atomic E-state index is 0.0855. The quantitative estimate of drug-likeness (QED) is 0.187. The number of halogens is 2. The average molecular weight is 722 g/mol. The first-order valence-electron chi connectivity index (χ1n) is 16.2. The number of carbonyl (C=O) groups is 1. The van der Waals surface area contributed by atoms with Gasteiger partial charge in [-0.3, -0.25) is 9.79 Å². The molecule has 0 spiro atoms. The second-order valence-electron chi connectivity index (χ2n) is 13.3. The summed E-state index contributed by atoms with van der Waals surface area (Å²) in [6.45, 7) is 3.03. The Kier molecular flexibility index (Phi) is 9.42. The van der Waals surface area contributed by atoms with Crippen LogP contribution in [0, 0.1) is 11.8 Å². The molecule has 8 rings (SSSR count). The highest BCUT2D eigenvalue weighted by molar-refractivity contribution is 7.19. The summed E-state index contributed by atoms with van der Waals surface area (Å²) in [7, 11) is 7.96. The predicted molar refractivity (Wildman–Crippen MR) is 199 cm³/mol. The van der Waals surface area contributed by atoms with E-state index in [-0.39, 0.29) is 11.8 Å². The van der Waals surface area contributed by atoms with Crippen LogP contribution in [0.4, 0.5) is 11.5 Å². The summed E-state index contributed by atoms with van der Waals surface area (Å²) in [6, 6.07) is 4.64. The van der Waals surface area contributed by atoms with E-state index in [0.29, 0.717) is 28.7 Å². The zero-order valence-corrected chi connectivity index (χ0v) is 30.8. The Hall–Kier alpha value is -3.22. The monoisotopic (exact) mass is 720 g/mol. The van der Waals surface area contributed by atoms with E-state index in [1.54, 1.807) is 22.6 Å². The molecule has 0 saturated carbocycles. The summed E-state index contributed by atoms with van der Waals surface area (Å²) < 4.78 is 0. The number of aromatic nitrogens is 4. The lowest BCUT2D eigenvalue weighted by molar-refractivity contribution is -0.133. The molecule has 48 heavy (non-hydrogen) atoms. The van der Waals surface area contributed by atoms with Gasteiger partial charge in [-0.15, -0.1) is 22.7 Å². The Labute approximate surface area is 298 Å². The number of benzene rings is 1. The second kappa shape index (κ2) is 13.6. The van der Waals surface area contributed by atoms with Crippen LogP contribution in [-0.4, -0.2) is 76.1 Å². The van der Waals surface area contributed by atoms with Gasteiger partial charge >= 0.3 is 0 Å². The first kappa shape index (κ1) is 33.3. The topological polar surface area (TPSA) is 99.5 Å². The van der Waals surface area contributed by atoms with Crippen LogP contribution in [0.2, 0.25) is 10.2 Å². The van der Waals surface area contributed by atoms with Crippen molar-refractivity contribution in [1.82, 2.24) is 29.7 Å². The highest BCUT2D eigenvalue weighted by atomic mass is 35.5. The summed E-state index contributed by atoms with van der Waals surface area (Å²) in [6.07, 6.45) is 11.0. The zero-order chi connectivity index (χ0) is 33.7.